The van der Waals surface area contributed by atoms with Crippen LogP contribution in [0.15, 0.2) is 18.5 Å². The topological polar surface area (TPSA) is 62.5 Å². The number of anilines is 1. The lowest BCUT2D eigenvalue weighted by atomic mass is 10.2. The molecule has 96 valence electrons. The first-order valence-corrected chi connectivity index (χ1v) is 6.24. The van der Waals surface area contributed by atoms with Gasteiger partial charge in [0.1, 0.15) is 4.99 Å². The quantitative estimate of drug-likeness (QED) is 0.783. The number of hydrogen-bond donors (Lipinski definition) is 1. The van der Waals surface area contributed by atoms with Crippen LogP contribution >= 0.6 is 12.2 Å². The molecule has 1 saturated heterocycles. The normalized spacial score (nSPS) is 15.6. The Labute approximate surface area is 112 Å². The summed E-state index contributed by atoms with van der Waals surface area (Å²) >= 11 is 5.04. The summed E-state index contributed by atoms with van der Waals surface area (Å²) < 4.78 is 0. The van der Waals surface area contributed by atoms with Gasteiger partial charge in [-0.1, -0.05) is 12.2 Å². The van der Waals surface area contributed by atoms with E-state index < -0.39 is 0 Å². The fourth-order valence-corrected chi connectivity index (χ4v) is 2.28. The number of rotatable bonds is 2. The molecule has 1 amide bonds. The van der Waals surface area contributed by atoms with E-state index in [1.54, 1.807) is 19.3 Å². The molecule has 1 aromatic heterocycles. The zero-order valence-electron chi connectivity index (χ0n) is 10.3. The van der Waals surface area contributed by atoms with Crippen molar-refractivity contribution in [3.63, 3.8) is 0 Å². The van der Waals surface area contributed by atoms with Crippen LogP contribution in [0.1, 0.15) is 12.5 Å². The summed E-state index contributed by atoms with van der Waals surface area (Å²) in [5, 5.41) is 0. The Morgan fingerprint density at radius 2 is 2.06 bits per heavy atom. The predicted molar refractivity (Wildman–Crippen MR) is 74.6 cm³/mol. The molecule has 0 bridgehead atoms. The number of hydrogen-bond acceptors (Lipinski definition) is 4. The SMILES string of the molecule is CC(=O)N1CCN(c2cnccc2C(N)=S)CC1. The summed E-state index contributed by atoms with van der Waals surface area (Å²) in [7, 11) is 0. The molecule has 0 aromatic carbocycles. The van der Waals surface area contributed by atoms with Crippen molar-refractivity contribution >= 4 is 28.8 Å². The Morgan fingerprint density at radius 3 is 2.61 bits per heavy atom. The van der Waals surface area contributed by atoms with Crippen LogP contribution in [0.5, 0.6) is 0 Å². The van der Waals surface area contributed by atoms with Gasteiger partial charge in [0.25, 0.3) is 0 Å². The van der Waals surface area contributed by atoms with Gasteiger partial charge in [0.15, 0.2) is 0 Å². The minimum atomic E-state index is 0.121. The largest absolute Gasteiger partial charge is 0.389 e. The molecule has 0 unspecified atom stereocenters. The van der Waals surface area contributed by atoms with Crippen LogP contribution in [0.2, 0.25) is 0 Å². The number of aromatic nitrogens is 1. The lowest BCUT2D eigenvalue weighted by molar-refractivity contribution is -0.129. The number of piperazine rings is 1. The van der Waals surface area contributed by atoms with E-state index in [0.717, 1.165) is 37.4 Å². The lowest BCUT2D eigenvalue weighted by Crippen LogP contribution is -2.48. The van der Waals surface area contributed by atoms with Gasteiger partial charge in [0, 0.05) is 44.9 Å². The molecule has 6 heteroatoms. The fraction of sp³-hybridized carbons (Fsp3) is 0.417. The van der Waals surface area contributed by atoms with Crippen LogP contribution in [0, 0.1) is 0 Å². The van der Waals surface area contributed by atoms with Crippen LogP contribution in [-0.2, 0) is 4.79 Å². The Bertz CT molecular complexity index is 469. The van der Waals surface area contributed by atoms with Crippen LogP contribution in [0.3, 0.4) is 0 Å². The van der Waals surface area contributed by atoms with Crippen molar-refractivity contribution in [3.8, 4) is 0 Å². The van der Waals surface area contributed by atoms with Gasteiger partial charge in [0.2, 0.25) is 5.91 Å². The maximum atomic E-state index is 11.3. The maximum absolute atomic E-state index is 11.3. The van der Waals surface area contributed by atoms with E-state index in [2.05, 4.69) is 9.88 Å². The standard InChI is InChI=1S/C12H16N4OS/c1-9(17)15-4-6-16(7-5-15)11-8-14-3-2-10(11)12(13)18/h2-3,8H,4-7H2,1H3,(H2,13,18). The van der Waals surface area contributed by atoms with Crippen molar-refractivity contribution in [2.45, 2.75) is 6.92 Å². The number of carbonyl (C=O) groups is 1. The lowest BCUT2D eigenvalue weighted by Gasteiger charge is -2.36. The predicted octanol–water partition coefficient (Wildman–Crippen LogP) is 0.384. The van der Waals surface area contributed by atoms with Gasteiger partial charge in [-0.05, 0) is 6.07 Å². The number of carbonyl (C=O) groups excluding carboxylic acids is 1. The van der Waals surface area contributed by atoms with E-state index >= 15 is 0 Å². The summed E-state index contributed by atoms with van der Waals surface area (Å²) in [5.41, 5.74) is 7.51. The third-order valence-electron chi connectivity index (χ3n) is 3.13. The van der Waals surface area contributed by atoms with E-state index in [0.29, 0.717) is 4.99 Å². The van der Waals surface area contributed by atoms with Crippen LogP contribution in [-0.4, -0.2) is 47.0 Å². The Morgan fingerprint density at radius 1 is 1.39 bits per heavy atom. The van der Waals surface area contributed by atoms with Crippen molar-refractivity contribution in [1.29, 1.82) is 0 Å². The number of amides is 1. The number of nitrogens with two attached hydrogens (primary N) is 1. The highest BCUT2D eigenvalue weighted by molar-refractivity contribution is 7.80. The summed E-state index contributed by atoms with van der Waals surface area (Å²) in [6.07, 6.45) is 3.46. The molecule has 2 N–H and O–H groups in total. The van der Waals surface area contributed by atoms with E-state index in [1.807, 2.05) is 11.0 Å². The van der Waals surface area contributed by atoms with Crippen LogP contribution in [0.25, 0.3) is 0 Å². The molecule has 2 heterocycles. The average Bonchev–Trinajstić information content (AvgIpc) is 2.39. The van der Waals surface area contributed by atoms with Crippen LogP contribution < -0.4 is 10.6 Å². The van der Waals surface area contributed by atoms with E-state index in [1.165, 1.54) is 0 Å². The first kappa shape index (κ1) is 12.8. The Kier molecular flexibility index (Phi) is 3.76. The maximum Gasteiger partial charge on any atom is 0.219 e. The molecule has 1 aliphatic heterocycles. The molecule has 2 rings (SSSR count). The highest BCUT2D eigenvalue weighted by Crippen LogP contribution is 2.20. The van der Waals surface area contributed by atoms with Crippen molar-refractivity contribution in [2.24, 2.45) is 5.73 Å². The van der Waals surface area contributed by atoms with Gasteiger partial charge in [-0.2, -0.15) is 0 Å². The van der Waals surface area contributed by atoms with Gasteiger partial charge in [0.05, 0.1) is 11.9 Å². The first-order valence-electron chi connectivity index (χ1n) is 5.84. The number of thiocarbonyl (C=S) groups is 1. The van der Waals surface area contributed by atoms with Gasteiger partial charge in [-0.25, -0.2) is 0 Å². The Balaban J connectivity index is 2.15. The smallest absolute Gasteiger partial charge is 0.219 e. The molecule has 1 aliphatic rings. The van der Waals surface area contributed by atoms with Crippen molar-refractivity contribution < 1.29 is 4.79 Å². The summed E-state index contributed by atoms with van der Waals surface area (Å²) in [6, 6.07) is 1.83. The van der Waals surface area contributed by atoms with Gasteiger partial charge in [-0.15, -0.1) is 0 Å². The van der Waals surface area contributed by atoms with E-state index in [4.69, 9.17) is 18.0 Å². The molecular formula is C12H16N4OS. The molecule has 0 radical (unpaired) electrons. The molecule has 5 nitrogen and oxygen atoms in total. The first-order chi connectivity index (χ1) is 8.59. The molecule has 0 atom stereocenters. The fourth-order valence-electron chi connectivity index (χ4n) is 2.11. The summed E-state index contributed by atoms with van der Waals surface area (Å²) in [4.78, 5) is 19.8. The average molecular weight is 264 g/mol. The Hall–Kier alpha value is -1.69. The summed E-state index contributed by atoms with van der Waals surface area (Å²) in [5.74, 6) is 0.121. The monoisotopic (exact) mass is 264 g/mol. The zero-order chi connectivity index (χ0) is 13.1. The van der Waals surface area contributed by atoms with E-state index in [-0.39, 0.29) is 5.91 Å². The molecule has 18 heavy (non-hydrogen) atoms. The molecule has 1 fully saturated rings. The second kappa shape index (κ2) is 5.30. The molecule has 0 saturated carbocycles. The number of nitrogens with zero attached hydrogens (tertiary/aromatic N) is 3. The highest BCUT2D eigenvalue weighted by atomic mass is 32.1. The second-order valence-electron chi connectivity index (χ2n) is 4.25. The minimum absolute atomic E-state index is 0.121. The third-order valence-corrected chi connectivity index (χ3v) is 3.35. The van der Waals surface area contributed by atoms with Crippen molar-refractivity contribution in [3.05, 3.63) is 24.0 Å². The van der Waals surface area contributed by atoms with Gasteiger partial charge < -0.3 is 15.5 Å². The van der Waals surface area contributed by atoms with Gasteiger partial charge >= 0.3 is 0 Å². The summed E-state index contributed by atoms with van der Waals surface area (Å²) in [6.45, 7) is 4.60. The van der Waals surface area contributed by atoms with Crippen molar-refractivity contribution in [1.82, 2.24) is 9.88 Å². The van der Waals surface area contributed by atoms with Crippen molar-refractivity contribution in [2.75, 3.05) is 31.1 Å². The van der Waals surface area contributed by atoms with E-state index in [9.17, 15) is 4.79 Å². The second-order valence-corrected chi connectivity index (χ2v) is 4.69. The van der Waals surface area contributed by atoms with Gasteiger partial charge in [-0.3, -0.25) is 9.78 Å². The van der Waals surface area contributed by atoms with Crippen LogP contribution in [0.4, 0.5) is 5.69 Å². The minimum Gasteiger partial charge on any atom is -0.389 e. The molecular weight excluding hydrogens is 248 g/mol. The molecule has 0 aliphatic carbocycles. The number of pyridine rings is 1. The molecule has 1 aromatic rings. The highest BCUT2D eigenvalue weighted by Gasteiger charge is 2.21. The zero-order valence-corrected chi connectivity index (χ0v) is 11.1. The molecule has 0 spiro atoms. The third kappa shape index (κ3) is 2.59.